The monoisotopic (exact) mass is 382 g/mol. The Hall–Kier alpha value is -2.00. The van der Waals surface area contributed by atoms with E-state index in [1.807, 2.05) is 6.92 Å². The summed E-state index contributed by atoms with van der Waals surface area (Å²) in [6, 6.07) is 10.5. The number of halogens is 2. The van der Waals surface area contributed by atoms with Crippen molar-refractivity contribution >= 4 is 0 Å². The minimum Gasteiger partial charge on any atom is -0.368 e. The Bertz CT molecular complexity index is 844. The number of benzene rings is 2. The normalized spacial score (nSPS) is 24.2. The van der Waals surface area contributed by atoms with Crippen LogP contribution in [0.1, 0.15) is 65.5 Å². The highest BCUT2D eigenvalue weighted by Crippen LogP contribution is 2.37. The standard InChI is InChI=1S/C25H28F2O/c1-3-17-4-9-19(10-5-17)20-11-6-18(7-12-20)8-13-21-16(2)14-22(23-15-28-23)25(27)24(21)26/h3,6-7,11-12,14,17,19,23H,1,4-5,8-10,13,15H2,2H3. The van der Waals surface area contributed by atoms with Gasteiger partial charge >= 0.3 is 0 Å². The zero-order chi connectivity index (χ0) is 19.7. The summed E-state index contributed by atoms with van der Waals surface area (Å²) in [6.45, 7) is 6.25. The maximum absolute atomic E-state index is 14.5. The second-order valence-electron chi connectivity index (χ2n) is 8.30. The molecule has 1 saturated carbocycles. The smallest absolute Gasteiger partial charge is 0.165 e. The molecule has 0 N–H and O–H groups in total. The van der Waals surface area contributed by atoms with Gasteiger partial charge in [0, 0.05) is 5.56 Å². The number of epoxide rings is 1. The van der Waals surface area contributed by atoms with Gasteiger partial charge in [-0.05, 0) is 85.6 Å². The van der Waals surface area contributed by atoms with Gasteiger partial charge in [0.05, 0.1) is 6.61 Å². The molecule has 1 aliphatic carbocycles. The fraction of sp³-hybridized carbons (Fsp3) is 0.440. The summed E-state index contributed by atoms with van der Waals surface area (Å²) in [5, 5.41) is 0. The molecule has 1 saturated heterocycles. The molecule has 0 radical (unpaired) electrons. The van der Waals surface area contributed by atoms with E-state index in [-0.39, 0.29) is 6.10 Å². The van der Waals surface area contributed by atoms with Crippen LogP contribution >= 0.6 is 0 Å². The zero-order valence-corrected chi connectivity index (χ0v) is 16.5. The second-order valence-corrected chi connectivity index (χ2v) is 8.30. The van der Waals surface area contributed by atoms with E-state index in [1.165, 1.54) is 31.2 Å². The van der Waals surface area contributed by atoms with Crippen molar-refractivity contribution in [3.05, 3.63) is 82.4 Å². The maximum Gasteiger partial charge on any atom is 0.165 e. The fourth-order valence-electron chi connectivity index (χ4n) is 4.50. The molecular formula is C25H28F2O. The molecule has 1 unspecified atom stereocenters. The van der Waals surface area contributed by atoms with Crippen molar-refractivity contribution in [3.8, 4) is 0 Å². The predicted octanol–water partition coefficient (Wildman–Crippen LogP) is 6.59. The lowest BCUT2D eigenvalue weighted by Gasteiger charge is -2.27. The first kappa shape index (κ1) is 19.3. The zero-order valence-electron chi connectivity index (χ0n) is 16.5. The number of hydrogen-bond donors (Lipinski definition) is 0. The van der Waals surface area contributed by atoms with Crippen molar-refractivity contribution < 1.29 is 13.5 Å². The van der Waals surface area contributed by atoms with Gasteiger partial charge in [-0.2, -0.15) is 0 Å². The van der Waals surface area contributed by atoms with Gasteiger partial charge in [0.2, 0.25) is 0 Å². The molecule has 148 valence electrons. The first-order chi connectivity index (χ1) is 13.6. The molecule has 0 aromatic heterocycles. The lowest BCUT2D eigenvalue weighted by molar-refractivity contribution is 0.376. The van der Waals surface area contributed by atoms with E-state index in [4.69, 9.17) is 4.74 Å². The van der Waals surface area contributed by atoms with Gasteiger partial charge in [-0.3, -0.25) is 0 Å². The first-order valence-corrected chi connectivity index (χ1v) is 10.4. The molecule has 0 bridgehead atoms. The Balaban J connectivity index is 1.40. The van der Waals surface area contributed by atoms with E-state index in [9.17, 15) is 8.78 Å². The quantitative estimate of drug-likeness (QED) is 0.405. The lowest BCUT2D eigenvalue weighted by Crippen LogP contribution is -2.11. The highest BCUT2D eigenvalue weighted by atomic mass is 19.2. The Kier molecular flexibility index (Phi) is 5.63. The molecule has 3 heteroatoms. The van der Waals surface area contributed by atoms with Crippen molar-refractivity contribution in [2.24, 2.45) is 5.92 Å². The highest BCUT2D eigenvalue weighted by Gasteiger charge is 2.31. The number of allylic oxidation sites excluding steroid dienone is 1. The third-order valence-electron chi connectivity index (χ3n) is 6.46. The molecule has 0 amide bonds. The maximum atomic E-state index is 14.5. The van der Waals surface area contributed by atoms with Crippen LogP contribution in [-0.2, 0) is 17.6 Å². The SMILES string of the molecule is C=CC1CCC(c2ccc(CCc3c(C)cc(C4CO4)c(F)c3F)cc2)CC1. The number of aryl methyl sites for hydroxylation is 2. The Morgan fingerprint density at radius 3 is 2.32 bits per heavy atom. The van der Waals surface area contributed by atoms with Gasteiger partial charge in [0.25, 0.3) is 0 Å². The molecule has 2 aromatic carbocycles. The third kappa shape index (κ3) is 4.05. The van der Waals surface area contributed by atoms with Gasteiger partial charge in [0.1, 0.15) is 6.10 Å². The van der Waals surface area contributed by atoms with Crippen molar-refractivity contribution in [2.75, 3.05) is 6.61 Å². The third-order valence-corrected chi connectivity index (χ3v) is 6.46. The summed E-state index contributed by atoms with van der Waals surface area (Å²) >= 11 is 0. The summed E-state index contributed by atoms with van der Waals surface area (Å²) in [7, 11) is 0. The summed E-state index contributed by atoms with van der Waals surface area (Å²) < 4.78 is 34.0. The van der Waals surface area contributed by atoms with Crippen LogP contribution in [0.15, 0.2) is 43.0 Å². The van der Waals surface area contributed by atoms with Crippen LogP contribution in [0.4, 0.5) is 8.78 Å². The Morgan fingerprint density at radius 1 is 1.04 bits per heavy atom. The van der Waals surface area contributed by atoms with Crippen molar-refractivity contribution in [1.29, 1.82) is 0 Å². The average Bonchev–Trinajstić information content (AvgIpc) is 3.56. The second kappa shape index (κ2) is 8.16. The summed E-state index contributed by atoms with van der Waals surface area (Å²) in [4.78, 5) is 0. The van der Waals surface area contributed by atoms with Crippen LogP contribution in [0.5, 0.6) is 0 Å². The molecule has 28 heavy (non-hydrogen) atoms. The molecule has 4 rings (SSSR count). The van der Waals surface area contributed by atoms with Crippen molar-refractivity contribution in [3.63, 3.8) is 0 Å². The van der Waals surface area contributed by atoms with E-state index in [2.05, 4.69) is 36.9 Å². The van der Waals surface area contributed by atoms with Crippen LogP contribution in [-0.4, -0.2) is 6.61 Å². The van der Waals surface area contributed by atoms with Gasteiger partial charge in [0.15, 0.2) is 11.6 Å². The van der Waals surface area contributed by atoms with E-state index < -0.39 is 11.6 Å². The lowest BCUT2D eigenvalue weighted by atomic mass is 9.78. The molecule has 2 aromatic rings. The van der Waals surface area contributed by atoms with Gasteiger partial charge in [-0.25, -0.2) is 8.78 Å². The van der Waals surface area contributed by atoms with E-state index in [0.29, 0.717) is 42.4 Å². The summed E-state index contributed by atoms with van der Waals surface area (Å²) in [5.41, 5.74) is 4.20. The van der Waals surface area contributed by atoms with Crippen LogP contribution in [0.3, 0.4) is 0 Å². The Morgan fingerprint density at radius 2 is 1.71 bits per heavy atom. The molecule has 1 atom stereocenters. The van der Waals surface area contributed by atoms with Gasteiger partial charge < -0.3 is 4.74 Å². The van der Waals surface area contributed by atoms with E-state index >= 15 is 0 Å². The molecule has 2 aliphatic rings. The number of rotatable bonds is 6. The molecule has 1 heterocycles. The van der Waals surface area contributed by atoms with Crippen molar-refractivity contribution in [1.82, 2.24) is 0 Å². The summed E-state index contributed by atoms with van der Waals surface area (Å²) in [5.74, 6) is -0.141. The number of ether oxygens (including phenoxy) is 1. The molecular weight excluding hydrogens is 354 g/mol. The minimum atomic E-state index is -0.742. The average molecular weight is 382 g/mol. The largest absolute Gasteiger partial charge is 0.368 e. The first-order valence-electron chi connectivity index (χ1n) is 10.4. The fourth-order valence-corrected chi connectivity index (χ4v) is 4.50. The van der Waals surface area contributed by atoms with Crippen LogP contribution in [0.2, 0.25) is 0 Å². The molecule has 0 spiro atoms. The minimum absolute atomic E-state index is 0.267. The topological polar surface area (TPSA) is 12.5 Å². The van der Waals surface area contributed by atoms with Crippen LogP contribution < -0.4 is 0 Å². The highest BCUT2D eigenvalue weighted by molar-refractivity contribution is 5.37. The summed E-state index contributed by atoms with van der Waals surface area (Å²) in [6.07, 6.45) is 7.92. The van der Waals surface area contributed by atoms with E-state index in [1.54, 1.807) is 6.07 Å². The molecule has 2 fully saturated rings. The number of hydrogen-bond acceptors (Lipinski definition) is 1. The van der Waals surface area contributed by atoms with Crippen LogP contribution in [0, 0.1) is 24.5 Å². The predicted molar refractivity (Wildman–Crippen MR) is 109 cm³/mol. The van der Waals surface area contributed by atoms with Crippen molar-refractivity contribution in [2.45, 2.75) is 57.5 Å². The van der Waals surface area contributed by atoms with E-state index in [0.717, 1.165) is 11.1 Å². The molecule has 1 nitrogen and oxygen atoms in total. The molecule has 1 aliphatic heterocycles. The Labute approximate surface area is 166 Å². The van der Waals surface area contributed by atoms with Crippen LogP contribution in [0.25, 0.3) is 0 Å². The van der Waals surface area contributed by atoms with Gasteiger partial charge in [-0.1, -0.05) is 30.3 Å². The van der Waals surface area contributed by atoms with Gasteiger partial charge in [-0.15, -0.1) is 6.58 Å².